The molecule has 0 amide bonds. The van der Waals surface area contributed by atoms with Crippen LogP contribution in [0.15, 0.2) is 46.2 Å². The van der Waals surface area contributed by atoms with Crippen LogP contribution in [-0.2, 0) is 24.2 Å². The third-order valence-electron chi connectivity index (χ3n) is 5.24. The van der Waals surface area contributed by atoms with E-state index in [1.807, 2.05) is 41.8 Å². The summed E-state index contributed by atoms with van der Waals surface area (Å²) in [7, 11) is 0. The number of hydrogen-bond acceptors (Lipinski definition) is 7. The fourth-order valence-electron chi connectivity index (χ4n) is 3.81. The number of ether oxygens (including phenoxy) is 1. The maximum atomic E-state index is 13.1. The van der Waals surface area contributed by atoms with E-state index < -0.39 is 0 Å². The third-order valence-corrected chi connectivity index (χ3v) is 6.09. The van der Waals surface area contributed by atoms with Crippen LogP contribution in [0.3, 0.4) is 0 Å². The summed E-state index contributed by atoms with van der Waals surface area (Å²) in [5, 5.41) is 10.8. The molecular weight excluding hydrogens is 386 g/mol. The number of para-hydroxylation sites is 1. The molecule has 0 radical (unpaired) electrons. The van der Waals surface area contributed by atoms with E-state index in [0.29, 0.717) is 17.4 Å². The Hall–Kier alpha value is -3.06. The number of aryl methyl sites for hydroxylation is 1. The molecule has 3 aromatic heterocycles. The van der Waals surface area contributed by atoms with Crippen LogP contribution in [-0.4, -0.2) is 21.2 Å². The summed E-state index contributed by atoms with van der Waals surface area (Å²) in [4.78, 5) is 18.8. The third kappa shape index (κ3) is 3.42. The Kier molecular flexibility index (Phi) is 4.60. The first-order chi connectivity index (χ1) is 14.2. The van der Waals surface area contributed by atoms with Gasteiger partial charge in [0, 0.05) is 11.1 Å². The summed E-state index contributed by atoms with van der Waals surface area (Å²) >= 11 is 1.52. The molecule has 0 spiro atoms. The lowest BCUT2D eigenvalue weighted by molar-refractivity contribution is 0.0439. The monoisotopic (exact) mass is 405 g/mol. The molecule has 1 atom stereocenters. The Labute approximate surface area is 171 Å². The van der Waals surface area contributed by atoms with Crippen molar-refractivity contribution in [3.63, 3.8) is 0 Å². The van der Waals surface area contributed by atoms with Gasteiger partial charge in [0.1, 0.15) is 0 Å². The van der Waals surface area contributed by atoms with Crippen molar-refractivity contribution in [1.29, 1.82) is 0 Å². The average molecular weight is 405 g/mol. The smallest absolute Gasteiger partial charge is 0.339 e. The highest BCUT2D eigenvalue weighted by Crippen LogP contribution is 2.32. The molecule has 0 unspecified atom stereocenters. The number of hydrogen-bond donors (Lipinski definition) is 0. The Morgan fingerprint density at radius 2 is 2.14 bits per heavy atom. The van der Waals surface area contributed by atoms with Crippen LogP contribution >= 0.6 is 11.3 Å². The van der Waals surface area contributed by atoms with E-state index >= 15 is 0 Å². The number of carbonyl (C=O) groups is 1. The molecule has 1 aliphatic carbocycles. The highest BCUT2D eigenvalue weighted by Gasteiger charge is 2.26. The summed E-state index contributed by atoms with van der Waals surface area (Å²) in [5.74, 6) is 0.861. The molecule has 0 bridgehead atoms. The van der Waals surface area contributed by atoms with Gasteiger partial charge < -0.3 is 9.15 Å². The normalized spacial score (nSPS) is 16.0. The number of fused-ring (bicyclic) bond motifs is 2. The van der Waals surface area contributed by atoms with E-state index in [4.69, 9.17) is 14.1 Å². The highest BCUT2D eigenvalue weighted by atomic mass is 32.1. The first kappa shape index (κ1) is 18.0. The van der Waals surface area contributed by atoms with Gasteiger partial charge in [-0.3, -0.25) is 4.98 Å². The van der Waals surface area contributed by atoms with Crippen molar-refractivity contribution in [3.8, 4) is 10.8 Å². The van der Waals surface area contributed by atoms with Gasteiger partial charge in [0.05, 0.1) is 16.0 Å². The summed E-state index contributed by atoms with van der Waals surface area (Å²) < 4.78 is 11.2. The van der Waals surface area contributed by atoms with E-state index in [2.05, 4.69) is 17.1 Å². The SMILES string of the molecule is C[C@@H]1CCc2nc3ccccc3c(C(=O)OCc3nnc(-c4cccs4)o3)c2C1. The van der Waals surface area contributed by atoms with Gasteiger partial charge in [0.15, 0.2) is 6.61 Å². The molecule has 0 saturated carbocycles. The minimum Gasteiger partial charge on any atom is -0.452 e. The summed E-state index contributed by atoms with van der Waals surface area (Å²) in [6, 6.07) is 11.6. The van der Waals surface area contributed by atoms with Crippen LogP contribution < -0.4 is 0 Å². The second-order valence-corrected chi connectivity index (χ2v) is 8.28. The van der Waals surface area contributed by atoms with Crippen LogP contribution in [0.2, 0.25) is 0 Å². The molecule has 0 saturated heterocycles. The zero-order chi connectivity index (χ0) is 19.8. The number of esters is 1. The molecule has 146 valence electrons. The van der Waals surface area contributed by atoms with Gasteiger partial charge in [-0.1, -0.05) is 31.2 Å². The van der Waals surface area contributed by atoms with Gasteiger partial charge >= 0.3 is 5.97 Å². The molecule has 0 fully saturated rings. The first-order valence-electron chi connectivity index (χ1n) is 9.63. The summed E-state index contributed by atoms with van der Waals surface area (Å²) in [5.41, 5.74) is 3.46. The minimum atomic E-state index is -0.371. The Morgan fingerprint density at radius 3 is 3.00 bits per heavy atom. The van der Waals surface area contributed by atoms with Gasteiger partial charge in [-0.25, -0.2) is 4.79 Å². The predicted octanol–water partition coefficient (Wildman–Crippen LogP) is 4.83. The van der Waals surface area contributed by atoms with Gasteiger partial charge in [0.2, 0.25) is 0 Å². The van der Waals surface area contributed by atoms with Crippen LogP contribution in [0.25, 0.3) is 21.7 Å². The van der Waals surface area contributed by atoms with Crippen LogP contribution in [0.1, 0.15) is 40.9 Å². The molecule has 0 aliphatic heterocycles. The van der Waals surface area contributed by atoms with E-state index in [9.17, 15) is 4.79 Å². The van der Waals surface area contributed by atoms with Crippen LogP contribution in [0, 0.1) is 5.92 Å². The predicted molar refractivity (Wildman–Crippen MR) is 110 cm³/mol. The quantitative estimate of drug-likeness (QED) is 0.453. The van der Waals surface area contributed by atoms with E-state index in [0.717, 1.165) is 46.3 Å². The van der Waals surface area contributed by atoms with Gasteiger partial charge in [0.25, 0.3) is 11.8 Å². The summed E-state index contributed by atoms with van der Waals surface area (Å²) in [6.45, 7) is 2.15. The second kappa shape index (κ2) is 7.40. The van der Waals surface area contributed by atoms with Crippen molar-refractivity contribution < 1.29 is 13.9 Å². The molecular formula is C22H19N3O3S. The number of carbonyl (C=O) groups excluding carboxylic acids is 1. The topological polar surface area (TPSA) is 78.1 Å². The number of rotatable bonds is 4. The average Bonchev–Trinajstić information content (AvgIpc) is 3.42. The van der Waals surface area contributed by atoms with Crippen molar-refractivity contribution in [2.75, 3.05) is 0 Å². The summed E-state index contributed by atoms with van der Waals surface area (Å²) in [6.07, 6.45) is 2.80. The molecule has 3 heterocycles. The lowest BCUT2D eigenvalue weighted by Crippen LogP contribution is -2.19. The fourth-order valence-corrected chi connectivity index (χ4v) is 4.45. The first-order valence-corrected chi connectivity index (χ1v) is 10.5. The lowest BCUT2D eigenvalue weighted by atomic mass is 9.84. The number of nitrogens with zero attached hydrogens (tertiary/aromatic N) is 3. The van der Waals surface area contributed by atoms with Gasteiger partial charge in [-0.05, 0) is 48.3 Å². The van der Waals surface area contributed by atoms with Crippen molar-refractivity contribution >= 4 is 28.2 Å². The molecule has 1 aliphatic rings. The van der Waals surface area contributed by atoms with Crippen molar-refractivity contribution in [2.45, 2.75) is 32.8 Å². The number of benzene rings is 1. The van der Waals surface area contributed by atoms with E-state index in [-0.39, 0.29) is 18.5 Å². The maximum absolute atomic E-state index is 13.1. The Balaban J connectivity index is 1.44. The number of aromatic nitrogens is 3. The molecule has 1 aromatic carbocycles. The van der Waals surface area contributed by atoms with Gasteiger partial charge in [-0.15, -0.1) is 21.5 Å². The standard InChI is InChI=1S/C22H19N3O3S/c1-13-8-9-17-15(11-13)20(14-5-2-3-6-16(14)23-17)22(26)27-12-19-24-25-21(28-19)18-7-4-10-29-18/h2-7,10,13H,8-9,11-12H2,1H3/t13-/m1/s1. The van der Waals surface area contributed by atoms with E-state index in [1.165, 1.54) is 11.3 Å². The van der Waals surface area contributed by atoms with E-state index in [1.54, 1.807) is 0 Å². The number of thiophene rings is 1. The Morgan fingerprint density at radius 1 is 1.24 bits per heavy atom. The zero-order valence-electron chi connectivity index (χ0n) is 15.9. The molecule has 4 aromatic rings. The molecule has 7 heteroatoms. The highest BCUT2D eigenvalue weighted by molar-refractivity contribution is 7.13. The van der Waals surface area contributed by atoms with Crippen molar-refractivity contribution in [2.24, 2.45) is 5.92 Å². The Bertz CT molecular complexity index is 1180. The minimum absolute atomic E-state index is 0.0574. The number of pyridine rings is 1. The maximum Gasteiger partial charge on any atom is 0.339 e. The molecule has 0 N–H and O–H groups in total. The van der Waals surface area contributed by atoms with Crippen molar-refractivity contribution in [1.82, 2.24) is 15.2 Å². The molecule has 6 nitrogen and oxygen atoms in total. The second-order valence-electron chi connectivity index (χ2n) is 7.33. The zero-order valence-corrected chi connectivity index (χ0v) is 16.7. The lowest BCUT2D eigenvalue weighted by Gasteiger charge is -2.24. The largest absolute Gasteiger partial charge is 0.452 e. The van der Waals surface area contributed by atoms with Crippen LogP contribution in [0.5, 0.6) is 0 Å². The van der Waals surface area contributed by atoms with Gasteiger partial charge in [-0.2, -0.15) is 0 Å². The fraction of sp³-hybridized carbons (Fsp3) is 0.273. The molecule has 29 heavy (non-hydrogen) atoms. The van der Waals surface area contributed by atoms with Crippen LogP contribution in [0.4, 0.5) is 0 Å². The van der Waals surface area contributed by atoms with Crippen molar-refractivity contribution in [3.05, 3.63) is 64.5 Å². The molecule has 5 rings (SSSR count).